The Kier molecular flexibility index (Phi) is 3.27. The SMILES string of the molecule is Cc1cc(C(C)(C)C)c(O)c(S(=O)(=O)Cl)c1. The van der Waals surface area contributed by atoms with Crippen molar-refractivity contribution in [1.82, 2.24) is 0 Å². The van der Waals surface area contributed by atoms with E-state index >= 15 is 0 Å². The van der Waals surface area contributed by atoms with E-state index in [1.807, 2.05) is 20.8 Å². The van der Waals surface area contributed by atoms with E-state index in [1.54, 1.807) is 13.0 Å². The number of aryl methyl sites for hydroxylation is 1. The van der Waals surface area contributed by atoms with Gasteiger partial charge in [-0.2, -0.15) is 0 Å². The van der Waals surface area contributed by atoms with Crippen LogP contribution in [0.25, 0.3) is 0 Å². The van der Waals surface area contributed by atoms with Crippen LogP contribution in [0.1, 0.15) is 31.9 Å². The lowest BCUT2D eigenvalue weighted by Gasteiger charge is -2.22. The van der Waals surface area contributed by atoms with Crippen LogP contribution in [0.3, 0.4) is 0 Å². The first-order valence-electron chi connectivity index (χ1n) is 4.82. The zero-order chi connectivity index (χ0) is 12.7. The highest BCUT2D eigenvalue weighted by Gasteiger charge is 2.25. The van der Waals surface area contributed by atoms with Crippen molar-refractivity contribution in [1.29, 1.82) is 0 Å². The number of rotatable bonds is 1. The summed E-state index contributed by atoms with van der Waals surface area (Å²) >= 11 is 0. The summed E-state index contributed by atoms with van der Waals surface area (Å²) in [5.74, 6) is -0.256. The fourth-order valence-electron chi connectivity index (χ4n) is 1.50. The van der Waals surface area contributed by atoms with Crippen LogP contribution in [-0.4, -0.2) is 13.5 Å². The van der Waals surface area contributed by atoms with Gasteiger partial charge in [-0.05, 0) is 24.0 Å². The fraction of sp³-hybridized carbons (Fsp3) is 0.455. The number of hydrogen-bond donors (Lipinski definition) is 1. The first-order chi connectivity index (χ1) is 7.03. The Morgan fingerprint density at radius 1 is 1.25 bits per heavy atom. The lowest BCUT2D eigenvalue weighted by atomic mass is 9.85. The minimum atomic E-state index is -3.92. The van der Waals surface area contributed by atoms with Gasteiger partial charge in [0, 0.05) is 16.2 Å². The van der Waals surface area contributed by atoms with Crippen molar-refractivity contribution in [3.63, 3.8) is 0 Å². The molecule has 16 heavy (non-hydrogen) atoms. The van der Waals surface area contributed by atoms with Gasteiger partial charge in [-0.25, -0.2) is 8.42 Å². The van der Waals surface area contributed by atoms with Crippen molar-refractivity contribution in [2.24, 2.45) is 0 Å². The largest absolute Gasteiger partial charge is 0.506 e. The van der Waals surface area contributed by atoms with E-state index in [2.05, 4.69) is 0 Å². The number of aromatic hydroxyl groups is 1. The van der Waals surface area contributed by atoms with E-state index in [4.69, 9.17) is 10.7 Å². The number of benzene rings is 1. The molecule has 0 radical (unpaired) electrons. The predicted molar refractivity (Wildman–Crippen MR) is 64.6 cm³/mol. The van der Waals surface area contributed by atoms with Gasteiger partial charge in [-0.1, -0.05) is 26.8 Å². The minimum absolute atomic E-state index is 0.223. The normalized spacial score (nSPS) is 12.8. The average Bonchev–Trinajstić information content (AvgIpc) is 2.04. The van der Waals surface area contributed by atoms with Gasteiger partial charge in [-0.15, -0.1) is 0 Å². The van der Waals surface area contributed by atoms with Crippen molar-refractivity contribution >= 4 is 19.7 Å². The Morgan fingerprint density at radius 3 is 2.12 bits per heavy atom. The van der Waals surface area contributed by atoms with Crippen LogP contribution in [0.4, 0.5) is 0 Å². The van der Waals surface area contributed by atoms with Gasteiger partial charge in [0.15, 0.2) is 0 Å². The summed E-state index contributed by atoms with van der Waals surface area (Å²) in [6.45, 7) is 7.45. The predicted octanol–water partition coefficient (Wildman–Crippen LogP) is 2.93. The summed E-state index contributed by atoms with van der Waals surface area (Å²) in [4.78, 5) is -0.223. The van der Waals surface area contributed by atoms with Gasteiger partial charge in [0.2, 0.25) is 0 Å². The molecule has 0 spiro atoms. The standard InChI is InChI=1S/C11H15ClO3S/c1-7-5-8(11(2,3)4)10(13)9(6-7)16(12,14)15/h5-6,13H,1-4H3. The fourth-order valence-corrected chi connectivity index (χ4v) is 2.52. The van der Waals surface area contributed by atoms with E-state index in [0.29, 0.717) is 5.56 Å². The first kappa shape index (κ1) is 13.3. The molecule has 1 aromatic carbocycles. The number of phenols is 1. The smallest absolute Gasteiger partial charge is 0.264 e. The summed E-state index contributed by atoms with van der Waals surface area (Å²) in [7, 11) is 1.35. The maximum absolute atomic E-state index is 11.3. The molecule has 1 N–H and O–H groups in total. The Balaban J connectivity index is 3.64. The second-order valence-corrected chi connectivity index (χ2v) is 7.38. The minimum Gasteiger partial charge on any atom is -0.506 e. The van der Waals surface area contributed by atoms with Crippen LogP contribution in [0, 0.1) is 6.92 Å². The van der Waals surface area contributed by atoms with Crippen LogP contribution < -0.4 is 0 Å². The van der Waals surface area contributed by atoms with E-state index in [9.17, 15) is 13.5 Å². The third kappa shape index (κ3) is 2.68. The zero-order valence-electron chi connectivity index (χ0n) is 9.70. The van der Waals surface area contributed by atoms with Crippen molar-refractivity contribution in [2.45, 2.75) is 38.0 Å². The molecule has 1 aromatic rings. The summed E-state index contributed by atoms with van der Waals surface area (Å²) < 4.78 is 22.6. The summed E-state index contributed by atoms with van der Waals surface area (Å²) in [5.41, 5.74) is 0.987. The summed E-state index contributed by atoms with van der Waals surface area (Å²) in [6.07, 6.45) is 0. The van der Waals surface area contributed by atoms with Gasteiger partial charge in [-0.3, -0.25) is 0 Å². The topological polar surface area (TPSA) is 54.4 Å². The molecular formula is C11H15ClO3S. The molecule has 5 heteroatoms. The third-order valence-electron chi connectivity index (χ3n) is 2.29. The molecule has 0 aliphatic heterocycles. The molecular weight excluding hydrogens is 248 g/mol. The van der Waals surface area contributed by atoms with E-state index < -0.39 is 9.05 Å². The molecule has 0 aliphatic rings. The molecule has 0 saturated carbocycles. The zero-order valence-corrected chi connectivity index (χ0v) is 11.3. The van der Waals surface area contributed by atoms with Gasteiger partial charge in [0.25, 0.3) is 9.05 Å². The number of phenolic OH excluding ortho intramolecular Hbond substituents is 1. The van der Waals surface area contributed by atoms with Crippen molar-refractivity contribution < 1.29 is 13.5 Å². The molecule has 0 bridgehead atoms. The highest BCUT2D eigenvalue weighted by Crippen LogP contribution is 2.37. The Bertz CT molecular complexity index is 513. The Hall–Kier alpha value is -0.740. The van der Waals surface area contributed by atoms with Gasteiger partial charge >= 0.3 is 0 Å². The van der Waals surface area contributed by atoms with Crippen molar-refractivity contribution in [3.8, 4) is 5.75 Å². The van der Waals surface area contributed by atoms with Crippen molar-refractivity contribution in [2.75, 3.05) is 0 Å². The monoisotopic (exact) mass is 262 g/mol. The Morgan fingerprint density at radius 2 is 1.75 bits per heavy atom. The Labute approximate surface area is 100 Å². The second-order valence-electron chi connectivity index (χ2n) is 4.85. The average molecular weight is 263 g/mol. The molecule has 0 aromatic heterocycles. The van der Waals surface area contributed by atoms with Crippen LogP contribution in [-0.2, 0) is 14.5 Å². The lowest BCUT2D eigenvalue weighted by Crippen LogP contribution is -2.13. The van der Waals surface area contributed by atoms with Gasteiger partial charge < -0.3 is 5.11 Å². The number of hydrogen-bond acceptors (Lipinski definition) is 3. The molecule has 90 valence electrons. The second kappa shape index (κ2) is 3.93. The lowest BCUT2D eigenvalue weighted by molar-refractivity contribution is 0.432. The molecule has 0 heterocycles. The maximum atomic E-state index is 11.3. The van der Waals surface area contributed by atoms with E-state index in [1.165, 1.54) is 6.07 Å². The third-order valence-corrected chi connectivity index (χ3v) is 3.63. The van der Waals surface area contributed by atoms with E-state index in [-0.39, 0.29) is 16.1 Å². The highest BCUT2D eigenvalue weighted by atomic mass is 35.7. The van der Waals surface area contributed by atoms with Crippen LogP contribution in [0.15, 0.2) is 17.0 Å². The van der Waals surface area contributed by atoms with Crippen LogP contribution >= 0.6 is 10.7 Å². The first-order valence-corrected chi connectivity index (χ1v) is 7.13. The molecule has 0 saturated heterocycles. The maximum Gasteiger partial charge on any atom is 0.264 e. The van der Waals surface area contributed by atoms with Crippen LogP contribution in [0.5, 0.6) is 5.75 Å². The number of halogens is 1. The van der Waals surface area contributed by atoms with Crippen molar-refractivity contribution in [3.05, 3.63) is 23.3 Å². The molecule has 3 nitrogen and oxygen atoms in total. The molecule has 0 unspecified atom stereocenters. The highest BCUT2D eigenvalue weighted by molar-refractivity contribution is 8.13. The van der Waals surface area contributed by atoms with Crippen LogP contribution in [0.2, 0.25) is 0 Å². The molecule has 0 fully saturated rings. The molecule has 0 aliphatic carbocycles. The summed E-state index contributed by atoms with van der Waals surface area (Å²) in [5, 5.41) is 9.92. The summed E-state index contributed by atoms with van der Waals surface area (Å²) in [6, 6.07) is 3.13. The molecule has 0 amide bonds. The van der Waals surface area contributed by atoms with Gasteiger partial charge in [0.05, 0.1) is 0 Å². The van der Waals surface area contributed by atoms with E-state index in [0.717, 1.165) is 5.56 Å². The molecule has 1 rings (SSSR count). The molecule has 0 atom stereocenters. The van der Waals surface area contributed by atoms with Gasteiger partial charge in [0.1, 0.15) is 10.6 Å². The quantitative estimate of drug-likeness (QED) is 0.792.